The average Bonchev–Trinajstić information content (AvgIpc) is 2.64. The molecule has 0 unspecified atom stereocenters. The summed E-state index contributed by atoms with van der Waals surface area (Å²) in [6.07, 6.45) is -0.184. The molecule has 0 bridgehead atoms. The van der Waals surface area contributed by atoms with Crippen molar-refractivity contribution < 1.29 is 27.5 Å². The van der Waals surface area contributed by atoms with Gasteiger partial charge in [-0.2, -0.15) is 0 Å². The van der Waals surface area contributed by atoms with E-state index in [0.29, 0.717) is 25.4 Å². The highest BCUT2D eigenvalue weighted by Crippen LogP contribution is 2.15. The van der Waals surface area contributed by atoms with Crippen LogP contribution in [0.5, 0.6) is 5.75 Å². The van der Waals surface area contributed by atoms with E-state index in [9.17, 15) is 18.0 Å². The van der Waals surface area contributed by atoms with Crippen molar-refractivity contribution in [1.82, 2.24) is 9.62 Å². The molecule has 9 heteroatoms. The Labute approximate surface area is 166 Å². The number of sulfonamides is 1. The van der Waals surface area contributed by atoms with E-state index in [4.69, 9.17) is 9.47 Å². The van der Waals surface area contributed by atoms with Crippen LogP contribution in [0.3, 0.4) is 0 Å². The minimum atomic E-state index is -3.75. The lowest BCUT2D eigenvalue weighted by molar-refractivity contribution is -0.151. The zero-order chi connectivity index (χ0) is 21.2. The van der Waals surface area contributed by atoms with Crippen molar-refractivity contribution in [3.8, 4) is 5.75 Å². The molecule has 1 amide bonds. The molecule has 8 nitrogen and oxygen atoms in total. The molecule has 1 rings (SSSR count). The summed E-state index contributed by atoms with van der Waals surface area (Å²) in [6.45, 7) is 10.0. The van der Waals surface area contributed by atoms with Gasteiger partial charge >= 0.3 is 5.97 Å². The van der Waals surface area contributed by atoms with Gasteiger partial charge in [0.05, 0.1) is 17.9 Å². The summed E-state index contributed by atoms with van der Waals surface area (Å²) >= 11 is 0. The van der Waals surface area contributed by atoms with Crippen LogP contribution in [0.25, 0.3) is 0 Å². The predicted octanol–water partition coefficient (Wildman–Crippen LogP) is 1.72. The van der Waals surface area contributed by atoms with Crippen molar-refractivity contribution in [2.75, 3.05) is 32.8 Å². The molecule has 1 N–H and O–H groups in total. The summed E-state index contributed by atoms with van der Waals surface area (Å²) in [4.78, 5) is 25.3. The first-order chi connectivity index (χ1) is 13.2. The van der Waals surface area contributed by atoms with Gasteiger partial charge in [0.1, 0.15) is 5.75 Å². The Kier molecular flexibility index (Phi) is 9.67. The third-order valence-electron chi connectivity index (χ3n) is 3.62. The van der Waals surface area contributed by atoms with Crippen molar-refractivity contribution in [2.24, 2.45) is 0 Å². The smallest absolute Gasteiger partial charge is 0.307 e. The van der Waals surface area contributed by atoms with E-state index in [2.05, 4.69) is 11.3 Å². The first-order valence-corrected chi connectivity index (χ1v) is 10.5. The number of hydrogen-bond donors (Lipinski definition) is 1. The minimum Gasteiger partial charge on any atom is -0.494 e. The maximum Gasteiger partial charge on any atom is 0.307 e. The van der Waals surface area contributed by atoms with Gasteiger partial charge in [0.2, 0.25) is 10.0 Å². The van der Waals surface area contributed by atoms with Gasteiger partial charge < -0.3 is 14.4 Å². The summed E-state index contributed by atoms with van der Waals surface area (Å²) in [5.74, 6) is -0.412. The van der Waals surface area contributed by atoms with Crippen LogP contribution in [0.1, 0.15) is 27.2 Å². The number of benzene rings is 1. The van der Waals surface area contributed by atoms with E-state index in [1.165, 1.54) is 17.0 Å². The largest absolute Gasteiger partial charge is 0.494 e. The lowest BCUT2D eigenvalue weighted by Gasteiger charge is -2.20. The normalized spacial score (nSPS) is 11.0. The lowest BCUT2D eigenvalue weighted by atomic mass is 10.3. The summed E-state index contributed by atoms with van der Waals surface area (Å²) in [6, 6.07) is 5.96. The highest BCUT2D eigenvalue weighted by molar-refractivity contribution is 7.89. The highest BCUT2D eigenvalue weighted by atomic mass is 32.2. The van der Waals surface area contributed by atoms with Gasteiger partial charge in [-0.25, -0.2) is 13.1 Å². The highest BCUT2D eigenvalue weighted by Gasteiger charge is 2.16. The van der Waals surface area contributed by atoms with Gasteiger partial charge in [-0.1, -0.05) is 12.2 Å². The fourth-order valence-corrected chi connectivity index (χ4v) is 3.29. The van der Waals surface area contributed by atoms with Crippen LogP contribution in [0, 0.1) is 0 Å². The van der Waals surface area contributed by atoms with Gasteiger partial charge in [-0.15, -0.1) is 0 Å². The first kappa shape index (κ1) is 23.6. The number of rotatable bonds is 12. The Hall–Kier alpha value is -2.39. The number of likely N-dealkylation sites (N-methyl/N-ethyl adjacent to an activating group) is 1. The predicted molar refractivity (Wildman–Crippen MR) is 105 cm³/mol. The molecular weight excluding hydrogens is 384 g/mol. The third kappa shape index (κ3) is 8.10. The number of nitrogens with zero attached hydrogens (tertiary/aromatic N) is 1. The Bertz CT molecular complexity index is 774. The van der Waals surface area contributed by atoms with Crippen molar-refractivity contribution >= 4 is 21.9 Å². The second-order valence-corrected chi connectivity index (χ2v) is 7.84. The van der Waals surface area contributed by atoms with E-state index >= 15 is 0 Å². The molecule has 0 saturated heterocycles. The quantitative estimate of drug-likeness (QED) is 0.414. The van der Waals surface area contributed by atoms with Crippen molar-refractivity contribution in [1.29, 1.82) is 0 Å². The monoisotopic (exact) mass is 412 g/mol. The van der Waals surface area contributed by atoms with E-state index < -0.39 is 16.0 Å². The number of ether oxygens (including phenoxy) is 2. The summed E-state index contributed by atoms with van der Waals surface area (Å²) in [7, 11) is -3.75. The molecule has 0 aromatic heterocycles. The molecule has 0 fully saturated rings. The van der Waals surface area contributed by atoms with Crippen LogP contribution < -0.4 is 9.46 Å². The van der Waals surface area contributed by atoms with E-state index in [1.807, 2.05) is 13.8 Å². The summed E-state index contributed by atoms with van der Waals surface area (Å²) < 4.78 is 36.9. The number of amides is 1. The standard InChI is InChI=1S/C19H28N2O6S/c1-5-21(13-15(3)4)18(22)14-27-19(23)11-12-20-28(24,25)17-9-7-16(8-10-17)26-6-2/h7-10,20H,3,5-6,11-14H2,1-2,4H3. The van der Waals surface area contributed by atoms with Gasteiger partial charge in [-0.05, 0) is 45.0 Å². The molecule has 0 aliphatic rings. The van der Waals surface area contributed by atoms with Crippen LogP contribution in [0.15, 0.2) is 41.3 Å². The zero-order valence-electron chi connectivity index (χ0n) is 16.6. The van der Waals surface area contributed by atoms with Crippen molar-refractivity contribution in [3.63, 3.8) is 0 Å². The number of nitrogens with one attached hydrogen (secondary N) is 1. The fourth-order valence-electron chi connectivity index (χ4n) is 2.26. The average molecular weight is 413 g/mol. The molecule has 0 spiro atoms. The summed E-state index contributed by atoms with van der Waals surface area (Å²) in [5.41, 5.74) is 0.824. The third-order valence-corrected chi connectivity index (χ3v) is 5.10. The Morgan fingerprint density at radius 2 is 1.82 bits per heavy atom. The fraction of sp³-hybridized carbons (Fsp3) is 0.474. The number of carbonyl (C=O) groups excluding carboxylic acids is 2. The topological polar surface area (TPSA) is 102 Å². The molecule has 0 heterocycles. The molecule has 0 aliphatic carbocycles. The van der Waals surface area contributed by atoms with E-state index in [-0.39, 0.29) is 30.4 Å². The molecule has 0 radical (unpaired) electrons. The number of esters is 1. The van der Waals surface area contributed by atoms with Crippen LogP contribution in [-0.4, -0.2) is 58.0 Å². The maximum absolute atomic E-state index is 12.2. The van der Waals surface area contributed by atoms with E-state index in [0.717, 1.165) is 5.57 Å². The molecular formula is C19H28N2O6S. The molecule has 1 aromatic rings. The lowest BCUT2D eigenvalue weighted by Crippen LogP contribution is -2.36. The van der Waals surface area contributed by atoms with Crippen molar-refractivity contribution in [2.45, 2.75) is 32.1 Å². The first-order valence-electron chi connectivity index (χ1n) is 8.99. The molecule has 0 saturated carbocycles. The molecule has 0 aliphatic heterocycles. The maximum atomic E-state index is 12.2. The van der Waals surface area contributed by atoms with Gasteiger partial charge in [0.25, 0.3) is 5.91 Å². The second-order valence-electron chi connectivity index (χ2n) is 6.08. The van der Waals surface area contributed by atoms with Crippen molar-refractivity contribution in [3.05, 3.63) is 36.4 Å². The second kappa shape index (κ2) is 11.5. The molecule has 156 valence electrons. The molecule has 1 aromatic carbocycles. The minimum absolute atomic E-state index is 0.0675. The van der Waals surface area contributed by atoms with Crippen LogP contribution in [0.2, 0.25) is 0 Å². The Morgan fingerprint density at radius 3 is 2.36 bits per heavy atom. The number of hydrogen-bond acceptors (Lipinski definition) is 6. The SMILES string of the molecule is C=C(C)CN(CC)C(=O)COC(=O)CCNS(=O)(=O)c1ccc(OCC)cc1. The number of carbonyl (C=O) groups is 2. The van der Waals surface area contributed by atoms with Crippen LogP contribution in [0.4, 0.5) is 0 Å². The Balaban J connectivity index is 2.44. The van der Waals surface area contributed by atoms with Crippen LogP contribution >= 0.6 is 0 Å². The Morgan fingerprint density at radius 1 is 1.18 bits per heavy atom. The zero-order valence-corrected chi connectivity index (χ0v) is 17.4. The summed E-state index contributed by atoms with van der Waals surface area (Å²) in [5, 5.41) is 0. The molecule has 0 atom stereocenters. The van der Waals surface area contributed by atoms with Gasteiger partial charge in [0.15, 0.2) is 6.61 Å². The molecule has 28 heavy (non-hydrogen) atoms. The van der Waals surface area contributed by atoms with E-state index in [1.54, 1.807) is 19.1 Å². The van der Waals surface area contributed by atoms with Crippen LogP contribution in [-0.2, 0) is 24.3 Å². The van der Waals surface area contributed by atoms with Gasteiger partial charge in [-0.3, -0.25) is 9.59 Å². The van der Waals surface area contributed by atoms with Gasteiger partial charge in [0, 0.05) is 19.6 Å².